The molecule has 4 aromatic rings. The van der Waals surface area contributed by atoms with Crippen molar-refractivity contribution < 1.29 is 14.4 Å². The third kappa shape index (κ3) is 3.41. The molecular formula is C26H19N3O3Te2. The molecule has 2 aromatic heterocycles. The van der Waals surface area contributed by atoms with Crippen LogP contribution in [0.1, 0.15) is 19.4 Å². The first-order valence-corrected chi connectivity index (χ1v) is 15.7. The van der Waals surface area contributed by atoms with Crippen LogP contribution in [-0.4, -0.2) is 58.7 Å². The van der Waals surface area contributed by atoms with Gasteiger partial charge in [-0.3, -0.25) is 0 Å². The van der Waals surface area contributed by atoms with E-state index in [1.807, 2.05) is 6.08 Å². The molecule has 6 rings (SSSR count). The fourth-order valence-corrected chi connectivity index (χ4v) is 9.32. The van der Waals surface area contributed by atoms with Crippen molar-refractivity contribution in [2.45, 2.75) is 19.3 Å². The van der Waals surface area contributed by atoms with Crippen molar-refractivity contribution in [3.8, 4) is 0 Å². The Morgan fingerprint density at radius 3 is 2.24 bits per heavy atom. The molecule has 2 N–H and O–H groups in total. The molecule has 1 fully saturated rings. The van der Waals surface area contributed by atoms with Crippen LogP contribution in [0.15, 0.2) is 74.1 Å². The molecule has 6 nitrogen and oxygen atoms in total. The van der Waals surface area contributed by atoms with Crippen molar-refractivity contribution in [3.05, 3.63) is 79.6 Å². The summed E-state index contributed by atoms with van der Waals surface area (Å²) in [5.74, 6) is -1.37. The number of allylic oxidation sites excluding steroid dienone is 3. The van der Waals surface area contributed by atoms with E-state index in [-0.39, 0.29) is 51.9 Å². The second-order valence-electron chi connectivity index (χ2n) is 8.80. The summed E-state index contributed by atoms with van der Waals surface area (Å²) in [7, 11) is 0. The van der Waals surface area contributed by atoms with E-state index >= 15 is 0 Å². The molecule has 4 heterocycles. The van der Waals surface area contributed by atoms with Crippen molar-refractivity contribution in [1.82, 2.24) is 10.6 Å². The summed E-state index contributed by atoms with van der Waals surface area (Å²) in [6.45, 7) is 4.36. The Bertz CT molecular complexity index is 1580. The van der Waals surface area contributed by atoms with E-state index in [9.17, 15) is 14.4 Å². The van der Waals surface area contributed by atoms with Crippen molar-refractivity contribution in [2.75, 3.05) is 4.90 Å². The maximum atomic E-state index is 12.3. The predicted molar refractivity (Wildman–Crippen MR) is 135 cm³/mol. The Morgan fingerprint density at radius 2 is 1.50 bits per heavy atom. The number of anilines is 2. The number of benzene rings is 2. The summed E-state index contributed by atoms with van der Waals surface area (Å²) in [6, 6.07) is 14.8. The Hall–Kier alpha value is -2.61. The molecule has 8 heteroatoms. The predicted octanol–water partition coefficient (Wildman–Crippen LogP) is 3.71. The second kappa shape index (κ2) is 7.97. The van der Waals surface area contributed by atoms with Crippen LogP contribution >= 0.6 is 0 Å². The number of fused-ring (bicyclic) bond motifs is 3. The van der Waals surface area contributed by atoms with Crippen LogP contribution in [0.2, 0.25) is 0 Å². The summed E-state index contributed by atoms with van der Waals surface area (Å²) in [4.78, 5) is 38.3. The fourth-order valence-electron chi connectivity index (χ4n) is 4.66. The number of hydrogen-bond acceptors (Lipinski definition) is 4. The molecule has 2 aromatic carbocycles. The van der Waals surface area contributed by atoms with Gasteiger partial charge in [-0.2, -0.15) is 0 Å². The Balaban J connectivity index is 1.56. The molecule has 2 aliphatic rings. The van der Waals surface area contributed by atoms with Crippen LogP contribution in [0.3, 0.4) is 0 Å². The van der Waals surface area contributed by atoms with Gasteiger partial charge in [0.1, 0.15) is 0 Å². The van der Waals surface area contributed by atoms with Gasteiger partial charge < -0.3 is 0 Å². The second-order valence-corrected chi connectivity index (χ2v) is 14.2. The van der Waals surface area contributed by atoms with Crippen LogP contribution in [0, 0.1) is 0 Å². The first-order valence-electron chi connectivity index (χ1n) is 10.7. The molecule has 1 saturated heterocycles. The first kappa shape index (κ1) is 21.9. The Kier molecular flexibility index (Phi) is 5.13. The number of urea groups is 1. The van der Waals surface area contributed by atoms with E-state index in [2.05, 4.69) is 80.0 Å². The summed E-state index contributed by atoms with van der Waals surface area (Å²) < 4.78 is 7.46. The quantitative estimate of drug-likeness (QED) is 0.193. The van der Waals surface area contributed by atoms with Crippen molar-refractivity contribution in [2.24, 2.45) is 0 Å². The van der Waals surface area contributed by atoms with Crippen LogP contribution < -0.4 is 15.5 Å². The van der Waals surface area contributed by atoms with Crippen LogP contribution in [0.25, 0.3) is 17.6 Å². The minimum absolute atomic E-state index is 0.0822. The average Bonchev–Trinajstić information content (AvgIpc) is 3.48. The van der Waals surface area contributed by atoms with Gasteiger partial charge in [0.25, 0.3) is 0 Å². The molecule has 0 spiro atoms. The molecule has 0 aliphatic carbocycles. The van der Waals surface area contributed by atoms with E-state index in [1.165, 1.54) is 29.2 Å². The van der Waals surface area contributed by atoms with Crippen molar-refractivity contribution in [1.29, 1.82) is 0 Å². The molecule has 0 bridgehead atoms. The molecular weight excluding hydrogens is 658 g/mol. The van der Waals surface area contributed by atoms with Gasteiger partial charge in [-0.05, 0) is 0 Å². The van der Waals surface area contributed by atoms with Gasteiger partial charge >= 0.3 is 216 Å². The standard InChI is InChI=1S/C26H19N3O3Te2/c1-26(2)18-13-21-15(8-10-34-21)11-19(18)29(16-4-3-14-7-9-33-20(14)12-16)22(26)6-5-17-23(30)27-25(32)28-24(17)31/h3-13H,1-2H3,(H2,27,28,30,31,32)/b22-6+. The van der Waals surface area contributed by atoms with E-state index in [1.54, 1.807) is 0 Å². The molecule has 0 atom stereocenters. The normalized spacial score (nSPS) is 18.5. The van der Waals surface area contributed by atoms with Crippen LogP contribution in [0.5, 0.6) is 0 Å². The third-order valence-electron chi connectivity index (χ3n) is 6.42. The number of nitrogens with zero attached hydrogens (tertiary/aromatic N) is 1. The van der Waals surface area contributed by atoms with Crippen LogP contribution in [0.4, 0.5) is 16.2 Å². The zero-order valence-electron chi connectivity index (χ0n) is 18.3. The van der Waals surface area contributed by atoms with Crippen LogP contribution in [-0.2, 0) is 15.0 Å². The summed E-state index contributed by atoms with van der Waals surface area (Å²) >= 11 is -0.643. The molecule has 34 heavy (non-hydrogen) atoms. The molecule has 168 valence electrons. The van der Waals surface area contributed by atoms with Gasteiger partial charge in [-0.1, -0.05) is 0 Å². The molecule has 2 aliphatic heterocycles. The Labute approximate surface area is 215 Å². The monoisotopic (exact) mass is 681 g/mol. The van der Waals surface area contributed by atoms with Crippen molar-refractivity contribution in [3.63, 3.8) is 0 Å². The number of rotatable bonds is 2. The number of carbonyl (C=O) groups excluding carboxylic acids is 3. The van der Waals surface area contributed by atoms with E-state index < -0.39 is 17.8 Å². The number of carbonyl (C=O) groups is 3. The van der Waals surface area contributed by atoms with Gasteiger partial charge in [0.15, 0.2) is 0 Å². The number of imide groups is 2. The van der Waals surface area contributed by atoms with Gasteiger partial charge in [-0.25, -0.2) is 0 Å². The van der Waals surface area contributed by atoms with Crippen molar-refractivity contribution >= 4 is 87.7 Å². The van der Waals surface area contributed by atoms with E-state index in [4.69, 9.17) is 0 Å². The minimum atomic E-state index is -0.794. The Morgan fingerprint density at radius 1 is 0.824 bits per heavy atom. The SMILES string of the molecule is CC1(C)/C(=C\C=C2C(=O)NC(=O)NC2=O)N(c2ccc3cc[te]c3c2)c2cc3cc[te]c3cc21. The molecule has 0 unspecified atom stereocenters. The first-order chi connectivity index (χ1) is 16.3. The van der Waals surface area contributed by atoms with Gasteiger partial charge in [0, 0.05) is 0 Å². The van der Waals surface area contributed by atoms with E-state index in [0.29, 0.717) is 0 Å². The average molecular weight is 677 g/mol. The van der Waals surface area contributed by atoms with Gasteiger partial charge in [0.05, 0.1) is 0 Å². The molecule has 4 amide bonds. The number of barbiturate groups is 1. The number of nitrogens with one attached hydrogen (secondary N) is 2. The summed E-state index contributed by atoms with van der Waals surface area (Å²) in [5, 5.41) is 6.87. The fraction of sp³-hybridized carbons (Fsp3) is 0.115. The molecule has 0 radical (unpaired) electrons. The topological polar surface area (TPSA) is 78.5 Å². The number of amides is 4. The zero-order valence-corrected chi connectivity index (χ0v) is 23.0. The zero-order chi connectivity index (χ0) is 23.6. The molecule has 0 saturated carbocycles. The maximum absolute atomic E-state index is 12.3. The third-order valence-corrected chi connectivity index (χ3v) is 11.4. The number of hydrogen-bond donors (Lipinski definition) is 2. The van der Waals surface area contributed by atoms with Gasteiger partial charge in [-0.15, -0.1) is 0 Å². The van der Waals surface area contributed by atoms with Gasteiger partial charge in [0.2, 0.25) is 0 Å². The summed E-state index contributed by atoms with van der Waals surface area (Å²) in [6.07, 6.45) is 3.38. The summed E-state index contributed by atoms with van der Waals surface area (Å²) in [5.41, 5.74) is 4.00. The van der Waals surface area contributed by atoms with E-state index in [0.717, 1.165) is 17.1 Å².